The highest BCUT2D eigenvalue weighted by Crippen LogP contribution is 2.17. The molecule has 0 amide bonds. The lowest BCUT2D eigenvalue weighted by molar-refractivity contribution is -0.137. The lowest BCUT2D eigenvalue weighted by Crippen LogP contribution is -2.01. The maximum atomic E-state index is 11.0. The summed E-state index contributed by atoms with van der Waals surface area (Å²) in [5.41, 5.74) is 0.975. The van der Waals surface area contributed by atoms with Crippen molar-refractivity contribution < 1.29 is 19.4 Å². The standard InChI is InChI=1S/C13H11ClO4/c1-2-18-13(17)6-4-9-3-5-11(14)10(7-9)8-12(15)16/h3,5,7H,2,8H2,1H3,(H,15,16). The molecule has 0 bridgehead atoms. The fourth-order valence-corrected chi connectivity index (χ4v) is 1.43. The van der Waals surface area contributed by atoms with Gasteiger partial charge in [0.15, 0.2) is 0 Å². The smallest absolute Gasteiger partial charge is 0.384 e. The molecule has 0 atom stereocenters. The number of esters is 1. The summed E-state index contributed by atoms with van der Waals surface area (Å²) in [4.78, 5) is 21.6. The third-order valence-electron chi connectivity index (χ3n) is 1.97. The van der Waals surface area contributed by atoms with Gasteiger partial charge < -0.3 is 9.84 Å². The van der Waals surface area contributed by atoms with Gasteiger partial charge in [0, 0.05) is 16.5 Å². The number of hydrogen-bond acceptors (Lipinski definition) is 3. The van der Waals surface area contributed by atoms with Crippen molar-refractivity contribution in [3.63, 3.8) is 0 Å². The molecule has 0 spiro atoms. The second-order valence-electron chi connectivity index (χ2n) is 3.35. The number of carboxylic acid groups (broad SMARTS) is 1. The molecule has 0 radical (unpaired) electrons. The summed E-state index contributed by atoms with van der Waals surface area (Å²) in [5.74, 6) is 3.29. The lowest BCUT2D eigenvalue weighted by atomic mass is 10.1. The van der Waals surface area contributed by atoms with Crippen molar-refractivity contribution in [3.8, 4) is 11.8 Å². The molecule has 1 aromatic rings. The third kappa shape index (κ3) is 4.48. The fourth-order valence-electron chi connectivity index (χ4n) is 1.24. The van der Waals surface area contributed by atoms with Crippen LogP contribution in [0.15, 0.2) is 18.2 Å². The molecule has 0 aromatic heterocycles. The Kier molecular flexibility index (Phi) is 5.22. The molecule has 5 heteroatoms. The predicted octanol–water partition coefficient (Wildman–Crippen LogP) is 1.88. The maximum Gasteiger partial charge on any atom is 0.384 e. The first kappa shape index (κ1) is 14.1. The van der Waals surface area contributed by atoms with Gasteiger partial charge in [0.05, 0.1) is 13.0 Å². The molecule has 0 fully saturated rings. The quantitative estimate of drug-likeness (QED) is 0.670. The van der Waals surface area contributed by atoms with Gasteiger partial charge in [-0.15, -0.1) is 0 Å². The van der Waals surface area contributed by atoms with Crippen LogP contribution in [-0.2, 0) is 20.7 Å². The van der Waals surface area contributed by atoms with Gasteiger partial charge in [-0.3, -0.25) is 4.79 Å². The Labute approximate surface area is 110 Å². The molecule has 1 aromatic carbocycles. The molecule has 0 unspecified atom stereocenters. The summed E-state index contributed by atoms with van der Waals surface area (Å²) >= 11 is 5.85. The van der Waals surface area contributed by atoms with E-state index in [1.54, 1.807) is 25.1 Å². The Morgan fingerprint density at radius 3 is 2.78 bits per heavy atom. The molecule has 0 heterocycles. The van der Waals surface area contributed by atoms with E-state index in [4.69, 9.17) is 16.7 Å². The third-order valence-corrected chi connectivity index (χ3v) is 2.34. The van der Waals surface area contributed by atoms with Crippen molar-refractivity contribution >= 4 is 23.5 Å². The zero-order valence-corrected chi connectivity index (χ0v) is 10.5. The molecule has 4 nitrogen and oxygen atoms in total. The highest BCUT2D eigenvalue weighted by atomic mass is 35.5. The fraction of sp³-hybridized carbons (Fsp3) is 0.231. The van der Waals surface area contributed by atoms with Crippen molar-refractivity contribution in [3.05, 3.63) is 34.3 Å². The predicted molar refractivity (Wildman–Crippen MR) is 66.3 cm³/mol. The van der Waals surface area contributed by atoms with Gasteiger partial charge in [-0.05, 0) is 30.7 Å². The van der Waals surface area contributed by atoms with E-state index in [0.717, 1.165) is 0 Å². The van der Waals surface area contributed by atoms with Crippen LogP contribution in [-0.4, -0.2) is 23.7 Å². The van der Waals surface area contributed by atoms with Gasteiger partial charge in [-0.25, -0.2) is 4.79 Å². The second-order valence-corrected chi connectivity index (χ2v) is 3.75. The maximum absolute atomic E-state index is 11.0. The zero-order chi connectivity index (χ0) is 13.5. The number of ether oxygens (including phenoxy) is 1. The minimum atomic E-state index is -0.979. The van der Waals surface area contributed by atoms with Crippen LogP contribution >= 0.6 is 11.6 Å². The van der Waals surface area contributed by atoms with Crippen LogP contribution < -0.4 is 0 Å². The topological polar surface area (TPSA) is 63.6 Å². The minimum Gasteiger partial charge on any atom is -0.481 e. The molecule has 0 aliphatic carbocycles. The Bertz CT molecular complexity index is 526. The number of rotatable bonds is 3. The number of carboxylic acids is 1. The summed E-state index contributed by atoms with van der Waals surface area (Å²) in [6, 6.07) is 4.71. The molecule has 18 heavy (non-hydrogen) atoms. The summed E-state index contributed by atoms with van der Waals surface area (Å²) in [5, 5.41) is 9.06. The molecule has 0 aliphatic rings. The van der Waals surface area contributed by atoms with Gasteiger partial charge in [0.2, 0.25) is 0 Å². The van der Waals surface area contributed by atoms with Gasteiger partial charge in [0.25, 0.3) is 0 Å². The van der Waals surface area contributed by atoms with Gasteiger partial charge in [-0.1, -0.05) is 17.5 Å². The summed E-state index contributed by atoms with van der Waals surface area (Å²) < 4.78 is 4.65. The van der Waals surface area contributed by atoms with Gasteiger partial charge in [-0.2, -0.15) is 0 Å². The molecule has 0 saturated heterocycles. The normalized spacial score (nSPS) is 9.22. The largest absolute Gasteiger partial charge is 0.481 e. The van der Waals surface area contributed by atoms with Crippen molar-refractivity contribution in [2.24, 2.45) is 0 Å². The van der Waals surface area contributed by atoms with E-state index in [-0.39, 0.29) is 13.0 Å². The molecule has 0 aliphatic heterocycles. The Morgan fingerprint density at radius 1 is 1.44 bits per heavy atom. The van der Waals surface area contributed by atoms with Crippen LogP contribution in [0.1, 0.15) is 18.1 Å². The number of carbonyl (C=O) groups excluding carboxylic acids is 1. The average molecular weight is 267 g/mol. The van der Waals surface area contributed by atoms with Crippen molar-refractivity contribution in [1.82, 2.24) is 0 Å². The Hall–Kier alpha value is -1.99. The Balaban J connectivity index is 2.91. The van der Waals surface area contributed by atoms with Crippen molar-refractivity contribution in [2.45, 2.75) is 13.3 Å². The molecule has 1 rings (SSSR count). The first-order valence-corrected chi connectivity index (χ1v) is 5.59. The van der Waals surface area contributed by atoms with Gasteiger partial charge >= 0.3 is 11.9 Å². The number of aliphatic carboxylic acids is 1. The van der Waals surface area contributed by atoms with E-state index >= 15 is 0 Å². The second kappa shape index (κ2) is 6.67. The highest BCUT2D eigenvalue weighted by molar-refractivity contribution is 6.31. The number of benzene rings is 1. The minimum absolute atomic E-state index is 0.187. The monoisotopic (exact) mass is 266 g/mol. The first-order valence-electron chi connectivity index (χ1n) is 5.22. The van der Waals surface area contributed by atoms with Crippen LogP contribution in [0.4, 0.5) is 0 Å². The van der Waals surface area contributed by atoms with Crippen molar-refractivity contribution in [1.29, 1.82) is 0 Å². The molecule has 0 saturated carbocycles. The average Bonchev–Trinajstić information content (AvgIpc) is 2.30. The highest BCUT2D eigenvalue weighted by Gasteiger charge is 2.06. The van der Waals surface area contributed by atoms with E-state index in [1.165, 1.54) is 0 Å². The summed E-state index contributed by atoms with van der Waals surface area (Å²) in [6.07, 6.45) is -0.187. The number of halogens is 1. The van der Waals surface area contributed by atoms with Crippen LogP contribution in [0.2, 0.25) is 5.02 Å². The van der Waals surface area contributed by atoms with E-state index < -0.39 is 11.9 Å². The Morgan fingerprint density at radius 2 is 2.17 bits per heavy atom. The molecule has 1 N–H and O–H groups in total. The van der Waals surface area contributed by atoms with Crippen LogP contribution in [0, 0.1) is 11.8 Å². The van der Waals surface area contributed by atoms with E-state index in [0.29, 0.717) is 16.1 Å². The molecular formula is C13H11ClO4. The summed E-state index contributed by atoms with van der Waals surface area (Å²) in [7, 11) is 0. The number of hydrogen-bond donors (Lipinski definition) is 1. The van der Waals surface area contributed by atoms with Crippen LogP contribution in [0.5, 0.6) is 0 Å². The van der Waals surface area contributed by atoms with Gasteiger partial charge in [0.1, 0.15) is 0 Å². The first-order chi connectivity index (χ1) is 8.52. The SMILES string of the molecule is CCOC(=O)C#Cc1ccc(Cl)c(CC(=O)O)c1. The van der Waals surface area contributed by atoms with Crippen LogP contribution in [0.25, 0.3) is 0 Å². The zero-order valence-electron chi connectivity index (χ0n) is 9.70. The van der Waals surface area contributed by atoms with E-state index in [1.807, 2.05) is 0 Å². The molecule has 94 valence electrons. The summed E-state index contributed by atoms with van der Waals surface area (Å²) in [6.45, 7) is 1.95. The van der Waals surface area contributed by atoms with Crippen LogP contribution in [0.3, 0.4) is 0 Å². The van der Waals surface area contributed by atoms with E-state index in [9.17, 15) is 9.59 Å². The lowest BCUT2D eigenvalue weighted by Gasteiger charge is -2.01. The van der Waals surface area contributed by atoms with E-state index in [2.05, 4.69) is 16.6 Å². The van der Waals surface area contributed by atoms with Crippen molar-refractivity contribution in [2.75, 3.05) is 6.61 Å². The molecular weight excluding hydrogens is 256 g/mol. The number of carbonyl (C=O) groups is 2.